The first-order valence-corrected chi connectivity index (χ1v) is 7.31. The molecule has 4 heteroatoms. The van der Waals surface area contributed by atoms with E-state index in [0.29, 0.717) is 5.15 Å². The molecule has 0 aliphatic heterocycles. The smallest absolute Gasteiger partial charge is 0.141 e. The van der Waals surface area contributed by atoms with E-state index in [0.717, 1.165) is 16.0 Å². The SMILES string of the molecule is CC(C)(c1ccccc1)c1nc(Cl)c2ccsc2n1. The summed E-state index contributed by atoms with van der Waals surface area (Å²) in [5, 5.41) is 3.45. The molecule has 0 spiro atoms. The van der Waals surface area contributed by atoms with Gasteiger partial charge < -0.3 is 0 Å². The van der Waals surface area contributed by atoms with Gasteiger partial charge in [-0.3, -0.25) is 0 Å². The molecule has 96 valence electrons. The molecule has 19 heavy (non-hydrogen) atoms. The second-order valence-electron chi connectivity index (χ2n) is 4.97. The first-order valence-electron chi connectivity index (χ1n) is 6.06. The van der Waals surface area contributed by atoms with Gasteiger partial charge in [-0.05, 0) is 30.9 Å². The Kier molecular flexibility index (Phi) is 3.03. The third kappa shape index (κ3) is 2.13. The number of aromatic nitrogens is 2. The zero-order valence-corrected chi connectivity index (χ0v) is 12.3. The fourth-order valence-corrected chi connectivity index (χ4v) is 3.14. The minimum atomic E-state index is -0.261. The average molecular weight is 289 g/mol. The molecule has 0 fully saturated rings. The molecule has 0 atom stereocenters. The highest BCUT2D eigenvalue weighted by Gasteiger charge is 2.27. The van der Waals surface area contributed by atoms with Crippen LogP contribution in [0.4, 0.5) is 0 Å². The molecule has 0 N–H and O–H groups in total. The first-order chi connectivity index (χ1) is 9.09. The number of nitrogens with zero attached hydrogens (tertiary/aromatic N) is 2. The zero-order valence-electron chi connectivity index (χ0n) is 10.7. The van der Waals surface area contributed by atoms with Crippen molar-refractivity contribution >= 4 is 33.2 Å². The number of hydrogen-bond acceptors (Lipinski definition) is 3. The number of thiophene rings is 1. The summed E-state index contributed by atoms with van der Waals surface area (Å²) in [6, 6.07) is 12.2. The molecule has 2 nitrogen and oxygen atoms in total. The number of rotatable bonds is 2. The Bertz CT molecular complexity index is 719. The van der Waals surface area contributed by atoms with Crippen molar-refractivity contribution in [1.29, 1.82) is 0 Å². The van der Waals surface area contributed by atoms with Crippen LogP contribution in [0.2, 0.25) is 5.15 Å². The average Bonchev–Trinajstić information content (AvgIpc) is 2.88. The molecule has 0 amide bonds. The maximum Gasteiger partial charge on any atom is 0.141 e. The lowest BCUT2D eigenvalue weighted by atomic mass is 9.84. The predicted molar refractivity (Wildman–Crippen MR) is 81.0 cm³/mol. The van der Waals surface area contributed by atoms with Crippen molar-refractivity contribution in [2.24, 2.45) is 0 Å². The number of hydrogen-bond donors (Lipinski definition) is 0. The third-order valence-electron chi connectivity index (χ3n) is 3.33. The third-order valence-corrected chi connectivity index (χ3v) is 4.43. The summed E-state index contributed by atoms with van der Waals surface area (Å²) in [4.78, 5) is 10.1. The van der Waals surface area contributed by atoms with Gasteiger partial charge >= 0.3 is 0 Å². The Morgan fingerprint density at radius 2 is 1.79 bits per heavy atom. The van der Waals surface area contributed by atoms with Crippen LogP contribution in [0.3, 0.4) is 0 Å². The predicted octanol–water partition coefficient (Wildman–Crippen LogP) is 4.67. The number of benzene rings is 1. The van der Waals surface area contributed by atoms with E-state index >= 15 is 0 Å². The quantitative estimate of drug-likeness (QED) is 0.640. The highest BCUT2D eigenvalue weighted by atomic mass is 35.5. The van der Waals surface area contributed by atoms with Crippen molar-refractivity contribution in [3.63, 3.8) is 0 Å². The van der Waals surface area contributed by atoms with E-state index in [4.69, 9.17) is 11.6 Å². The summed E-state index contributed by atoms with van der Waals surface area (Å²) < 4.78 is 0. The Hall–Kier alpha value is -1.45. The standard InChI is InChI=1S/C15H13ClN2S/c1-15(2,10-6-4-3-5-7-10)14-17-12(16)11-8-9-19-13(11)18-14/h3-9H,1-2H3. The van der Waals surface area contributed by atoms with Crippen molar-refractivity contribution < 1.29 is 0 Å². The van der Waals surface area contributed by atoms with E-state index in [-0.39, 0.29) is 5.41 Å². The monoisotopic (exact) mass is 288 g/mol. The van der Waals surface area contributed by atoms with Crippen molar-refractivity contribution in [2.75, 3.05) is 0 Å². The van der Waals surface area contributed by atoms with Crippen LogP contribution in [-0.4, -0.2) is 9.97 Å². The Balaban J connectivity index is 2.18. The van der Waals surface area contributed by atoms with Crippen LogP contribution >= 0.6 is 22.9 Å². The lowest BCUT2D eigenvalue weighted by Gasteiger charge is -2.23. The van der Waals surface area contributed by atoms with Crippen LogP contribution in [0, 0.1) is 0 Å². The van der Waals surface area contributed by atoms with Gasteiger partial charge in [0.15, 0.2) is 0 Å². The largest absolute Gasteiger partial charge is 0.221 e. The highest BCUT2D eigenvalue weighted by Crippen LogP contribution is 2.33. The molecule has 0 radical (unpaired) electrons. The van der Waals surface area contributed by atoms with Crippen molar-refractivity contribution in [1.82, 2.24) is 9.97 Å². The van der Waals surface area contributed by atoms with Crippen LogP contribution in [0.5, 0.6) is 0 Å². The maximum absolute atomic E-state index is 6.25. The maximum atomic E-state index is 6.25. The van der Waals surface area contributed by atoms with E-state index in [2.05, 4.69) is 35.9 Å². The van der Waals surface area contributed by atoms with Gasteiger partial charge in [0.25, 0.3) is 0 Å². The van der Waals surface area contributed by atoms with E-state index in [1.807, 2.05) is 29.6 Å². The summed E-state index contributed by atoms with van der Waals surface area (Å²) in [7, 11) is 0. The Morgan fingerprint density at radius 1 is 1.05 bits per heavy atom. The normalized spacial score (nSPS) is 11.9. The van der Waals surface area contributed by atoms with Gasteiger partial charge in [-0.2, -0.15) is 0 Å². The fourth-order valence-electron chi connectivity index (χ4n) is 2.08. The van der Waals surface area contributed by atoms with Gasteiger partial charge in [-0.25, -0.2) is 9.97 Å². The fraction of sp³-hybridized carbons (Fsp3) is 0.200. The van der Waals surface area contributed by atoms with Gasteiger partial charge in [-0.1, -0.05) is 41.9 Å². The van der Waals surface area contributed by atoms with Gasteiger partial charge in [0.05, 0.1) is 0 Å². The summed E-state index contributed by atoms with van der Waals surface area (Å²) in [5.74, 6) is 0.763. The first kappa shape index (κ1) is 12.6. The molecular formula is C15H13ClN2S. The lowest BCUT2D eigenvalue weighted by Crippen LogP contribution is -2.22. The van der Waals surface area contributed by atoms with Crippen molar-refractivity contribution in [3.8, 4) is 0 Å². The topological polar surface area (TPSA) is 25.8 Å². The molecule has 0 bridgehead atoms. The zero-order chi connectivity index (χ0) is 13.5. The highest BCUT2D eigenvalue weighted by molar-refractivity contribution is 7.16. The minimum Gasteiger partial charge on any atom is -0.221 e. The molecule has 1 aromatic carbocycles. The van der Waals surface area contributed by atoms with Crippen LogP contribution in [0.1, 0.15) is 25.2 Å². The second kappa shape index (κ2) is 4.58. The Morgan fingerprint density at radius 3 is 2.53 bits per heavy atom. The van der Waals surface area contributed by atoms with E-state index in [1.165, 1.54) is 5.56 Å². The van der Waals surface area contributed by atoms with E-state index < -0.39 is 0 Å². The van der Waals surface area contributed by atoms with Gasteiger partial charge in [0.2, 0.25) is 0 Å². The van der Waals surface area contributed by atoms with Gasteiger partial charge in [0, 0.05) is 10.8 Å². The molecule has 3 aromatic rings. The molecule has 2 heterocycles. The summed E-state index contributed by atoms with van der Waals surface area (Å²) in [5.41, 5.74) is 0.922. The molecule has 0 aliphatic rings. The van der Waals surface area contributed by atoms with Crippen LogP contribution in [-0.2, 0) is 5.41 Å². The van der Waals surface area contributed by atoms with E-state index in [9.17, 15) is 0 Å². The number of fused-ring (bicyclic) bond motifs is 1. The second-order valence-corrected chi connectivity index (χ2v) is 6.22. The van der Waals surface area contributed by atoms with E-state index in [1.54, 1.807) is 11.3 Å². The number of halogens is 1. The Labute approximate surface area is 121 Å². The molecule has 0 saturated carbocycles. The van der Waals surface area contributed by atoms with Gasteiger partial charge in [0.1, 0.15) is 15.8 Å². The summed E-state index contributed by atoms with van der Waals surface area (Å²) >= 11 is 7.84. The minimum absolute atomic E-state index is 0.261. The van der Waals surface area contributed by atoms with Gasteiger partial charge in [-0.15, -0.1) is 11.3 Å². The lowest BCUT2D eigenvalue weighted by molar-refractivity contribution is 0.594. The molecule has 2 aromatic heterocycles. The van der Waals surface area contributed by atoms with Crippen LogP contribution < -0.4 is 0 Å². The molecule has 0 saturated heterocycles. The van der Waals surface area contributed by atoms with Crippen LogP contribution in [0.25, 0.3) is 10.2 Å². The van der Waals surface area contributed by atoms with Crippen molar-refractivity contribution in [2.45, 2.75) is 19.3 Å². The molecular weight excluding hydrogens is 276 g/mol. The molecule has 3 rings (SSSR count). The molecule has 0 unspecified atom stereocenters. The molecule has 0 aliphatic carbocycles. The summed E-state index contributed by atoms with van der Waals surface area (Å²) in [6.45, 7) is 4.24. The van der Waals surface area contributed by atoms with Crippen molar-refractivity contribution in [3.05, 3.63) is 58.3 Å². The van der Waals surface area contributed by atoms with Crippen LogP contribution in [0.15, 0.2) is 41.8 Å². The summed E-state index contributed by atoms with van der Waals surface area (Å²) in [6.07, 6.45) is 0.